The third kappa shape index (κ3) is 3.16. The van der Waals surface area contributed by atoms with Gasteiger partial charge in [-0.15, -0.1) is 11.3 Å². The van der Waals surface area contributed by atoms with Gasteiger partial charge < -0.3 is 9.80 Å². The van der Waals surface area contributed by atoms with Gasteiger partial charge in [-0.25, -0.2) is 4.98 Å². The number of aryl methyl sites for hydroxylation is 1. The number of rotatable bonds is 2. The van der Waals surface area contributed by atoms with Crippen LogP contribution in [0.25, 0.3) is 0 Å². The Labute approximate surface area is 150 Å². The molecule has 2 amide bonds. The van der Waals surface area contributed by atoms with E-state index in [4.69, 9.17) is 0 Å². The van der Waals surface area contributed by atoms with E-state index in [1.54, 1.807) is 18.3 Å². The summed E-state index contributed by atoms with van der Waals surface area (Å²) in [5.41, 5.74) is 0.995. The maximum absolute atomic E-state index is 12.9. The summed E-state index contributed by atoms with van der Waals surface area (Å²) in [6.07, 6.45) is 3.63. The summed E-state index contributed by atoms with van der Waals surface area (Å²) in [4.78, 5) is 37.9. The van der Waals surface area contributed by atoms with E-state index in [9.17, 15) is 9.59 Å². The molecule has 3 aliphatic rings. The van der Waals surface area contributed by atoms with E-state index >= 15 is 0 Å². The molecule has 2 atom stereocenters. The van der Waals surface area contributed by atoms with E-state index in [-0.39, 0.29) is 17.9 Å². The SMILES string of the molecule is Cc1nc(C(=O)N2C[C@H]3CC[C@@H]2CN(C(=O)c2ccccn2)C3)cs1. The van der Waals surface area contributed by atoms with Crippen LogP contribution in [-0.2, 0) is 0 Å². The number of piperidine rings is 1. The molecular formula is C18H20N4O2S. The Kier molecular flexibility index (Phi) is 4.25. The molecule has 2 aromatic rings. The van der Waals surface area contributed by atoms with Crippen molar-refractivity contribution in [3.8, 4) is 0 Å². The van der Waals surface area contributed by atoms with Crippen LogP contribution in [0, 0.1) is 12.8 Å². The number of aromatic nitrogens is 2. The van der Waals surface area contributed by atoms with Crippen LogP contribution in [0.1, 0.15) is 38.8 Å². The fourth-order valence-corrected chi connectivity index (χ4v) is 4.34. The molecule has 0 saturated carbocycles. The van der Waals surface area contributed by atoms with E-state index in [0.717, 1.165) is 17.8 Å². The molecule has 2 aromatic heterocycles. The summed E-state index contributed by atoms with van der Waals surface area (Å²) in [6.45, 7) is 3.86. The van der Waals surface area contributed by atoms with Crippen LogP contribution in [0.15, 0.2) is 29.8 Å². The van der Waals surface area contributed by atoms with Gasteiger partial charge in [0.25, 0.3) is 11.8 Å². The van der Waals surface area contributed by atoms with Gasteiger partial charge >= 0.3 is 0 Å². The van der Waals surface area contributed by atoms with Gasteiger partial charge in [0, 0.05) is 37.3 Å². The molecule has 25 heavy (non-hydrogen) atoms. The lowest BCUT2D eigenvalue weighted by molar-refractivity contribution is 0.0569. The second-order valence-corrected chi connectivity index (χ2v) is 7.79. The number of fused-ring (bicyclic) bond motifs is 4. The molecule has 0 spiro atoms. The van der Waals surface area contributed by atoms with Gasteiger partial charge in [-0.1, -0.05) is 6.07 Å². The molecule has 0 aliphatic carbocycles. The number of amides is 2. The maximum atomic E-state index is 12.9. The third-order valence-electron chi connectivity index (χ3n) is 4.98. The fourth-order valence-electron chi connectivity index (χ4n) is 3.76. The zero-order chi connectivity index (χ0) is 17.4. The van der Waals surface area contributed by atoms with Crippen LogP contribution in [0.3, 0.4) is 0 Å². The summed E-state index contributed by atoms with van der Waals surface area (Å²) in [5.74, 6) is 0.262. The standard InChI is InChI=1S/C18H20N4O2S/c1-12-20-16(11-25-12)18(24)22-9-13-5-6-14(22)10-21(8-13)17(23)15-4-2-3-7-19-15/h2-4,7,11,13-14H,5-6,8-10H2,1H3/t13-,14+/m0/s1. The Morgan fingerprint density at radius 3 is 2.72 bits per heavy atom. The number of pyridine rings is 1. The molecule has 0 N–H and O–H groups in total. The highest BCUT2D eigenvalue weighted by Gasteiger charge is 2.39. The first kappa shape index (κ1) is 16.2. The molecule has 5 rings (SSSR count). The fraction of sp³-hybridized carbons (Fsp3) is 0.444. The van der Waals surface area contributed by atoms with Gasteiger partial charge in [0.1, 0.15) is 11.4 Å². The first-order valence-electron chi connectivity index (χ1n) is 8.55. The maximum Gasteiger partial charge on any atom is 0.273 e. The molecule has 3 fully saturated rings. The van der Waals surface area contributed by atoms with Crippen molar-refractivity contribution in [1.29, 1.82) is 0 Å². The minimum Gasteiger partial charge on any atom is -0.335 e. The minimum atomic E-state index is -0.0451. The Morgan fingerprint density at radius 2 is 2.00 bits per heavy atom. The van der Waals surface area contributed by atoms with Gasteiger partial charge in [0.15, 0.2) is 0 Å². The summed E-state index contributed by atoms with van der Waals surface area (Å²) >= 11 is 1.49. The van der Waals surface area contributed by atoms with Crippen molar-refractivity contribution >= 4 is 23.2 Å². The zero-order valence-corrected chi connectivity index (χ0v) is 14.9. The predicted octanol–water partition coefficient (Wildman–Crippen LogP) is 2.22. The Balaban J connectivity index is 1.54. The van der Waals surface area contributed by atoms with Gasteiger partial charge in [-0.2, -0.15) is 0 Å². The predicted molar refractivity (Wildman–Crippen MR) is 94.5 cm³/mol. The number of carbonyl (C=O) groups is 2. The van der Waals surface area contributed by atoms with Crippen molar-refractivity contribution in [3.05, 3.63) is 46.2 Å². The normalized spacial score (nSPS) is 22.8. The molecule has 0 radical (unpaired) electrons. The summed E-state index contributed by atoms with van der Waals surface area (Å²) in [7, 11) is 0. The van der Waals surface area contributed by atoms with E-state index in [2.05, 4.69) is 9.97 Å². The van der Waals surface area contributed by atoms with E-state index in [1.807, 2.05) is 28.2 Å². The van der Waals surface area contributed by atoms with E-state index < -0.39 is 0 Å². The van der Waals surface area contributed by atoms with Gasteiger partial charge in [-0.3, -0.25) is 14.6 Å². The Morgan fingerprint density at radius 1 is 1.12 bits per heavy atom. The minimum absolute atomic E-state index is 0.00816. The molecule has 0 aromatic carbocycles. The van der Waals surface area contributed by atoms with Crippen molar-refractivity contribution in [2.24, 2.45) is 5.92 Å². The molecule has 0 unspecified atom stereocenters. The number of hydrogen-bond acceptors (Lipinski definition) is 5. The van der Waals surface area contributed by atoms with Crippen LogP contribution in [0.2, 0.25) is 0 Å². The average Bonchev–Trinajstić information content (AvgIpc) is 2.88. The van der Waals surface area contributed by atoms with E-state index in [1.165, 1.54) is 11.3 Å². The van der Waals surface area contributed by atoms with Crippen molar-refractivity contribution in [2.45, 2.75) is 25.8 Å². The quantitative estimate of drug-likeness (QED) is 0.828. The number of nitrogens with zero attached hydrogens (tertiary/aromatic N) is 4. The molecule has 7 heteroatoms. The van der Waals surface area contributed by atoms with Crippen molar-refractivity contribution < 1.29 is 9.59 Å². The average molecular weight is 356 g/mol. The lowest BCUT2D eigenvalue weighted by Gasteiger charge is -2.35. The van der Waals surface area contributed by atoms with Gasteiger partial charge in [0.2, 0.25) is 0 Å². The molecule has 130 valence electrons. The number of thiazole rings is 1. The lowest BCUT2D eigenvalue weighted by atomic mass is 9.95. The Hall–Kier alpha value is -2.28. The van der Waals surface area contributed by atoms with Crippen molar-refractivity contribution in [2.75, 3.05) is 19.6 Å². The molecule has 3 aliphatic heterocycles. The monoisotopic (exact) mass is 356 g/mol. The second-order valence-electron chi connectivity index (χ2n) is 6.73. The van der Waals surface area contributed by atoms with Crippen LogP contribution < -0.4 is 0 Å². The van der Waals surface area contributed by atoms with Crippen LogP contribution in [-0.4, -0.2) is 57.3 Å². The smallest absolute Gasteiger partial charge is 0.273 e. The first-order valence-corrected chi connectivity index (χ1v) is 9.43. The molecular weight excluding hydrogens is 336 g/mol. The van der Waals surface area contributed by atoms with Crippen LogP contribution in [0.5, 0.6) is 0 Å². The van der Waals surface area contributed by atoms with Gasteiger partial charge in [0.05, 0.1) is 5.01 Å². The van der Waals surface area contributed by atoms with Crippen LogP contribution >= 0.6 is 11.3 Å². The summed E-state index contributed by atoms with van der Waals surface area (Å²) in [6, 6.07) is 5.43. The van der Waals surface area contributed by atoms with Gasteiger partial charge in [-0.05, 0) is 37.8 Å². The van der Waals surface area contributed by atoms with Crippen molar-refractivity contribution in [1.82, 2.24) is 19.8 Å². The first-order chi connectivity index (χ1) is 12.1. The second kappa shape index (κ2) is 6.55. The van der Waals surface area contributed by atoms with E-state index in [0.29, 0.717) is 36.9 Å². The number of carbonyl (C=O) groups excluding carboxylic acids is 2. The number of hydrogen-bond donors (Lipinski definition) is 0. The highest BCUT2D eigenvalue weighted by molar-refractivity contribution is 7.09. The molecule has 6 nitrogen and oxygen atoms in total. The van der Waals surface area contributed by atoms with Crippen molar-refractivity contribution in [3.63, 3.8) is 0 Å². The largest absolute Gasteiger partial charge is 0.335 e. The highest BCUT2D eigenvalue weighted by atomic mass is 32.1. The molecule has 5 heterocycles. The summed E-state index contributed by atoms with van der Waals surface area (Å²) in [5, 5.41) is 2.72. The molecule has 3 saturated heterocycles. The topological polar surface area (TPSA) is 66.4 Å². The summed E-state index contributed by atoms with van der Waals surface area (Å²) < 4.78 is 0. The van der Waals surface area contributed by atoms with Crippen LogP contribution in [0.4, 0.5) is 0 Å². The third-order valence-corrected chi connectivity index (χ3v) is 5.76. The Bertz CT molecular complexity index is 791. The lowest BCUT2D eigenvalue weighted by Crippen LogP contribution is -2.47. The zero-order valence-electron chi connectivity index (χ0n) is 14.1. The molecule has 2 bridgehead atoms. The highest BCUT2D eigenvalue weighted by Crippen LogP contribution is 2.30.